The van der Waals surface area contributed by atoms with E-state index in [9.17, 15) is 4.79 Å². The molecule has 1 aliphatic carbocycles. The lowest BCUT2D eigenvalue weighted by Crippen LogP contribution is -2.28. The standard InChI is InChI=1S/C16H20N4O2S/c1-20-14(18-19-16(20)23)7-8-17-15(21)12-9-11(12)10-5-3-4-6-13(10)22-2/h3-6,11-12H,7-9H2,1-2H3,(H,17,21)(H,19,23). The van der Waals surface area contributed by atoms with Gasteiger partial charge in [-0.3, -0.25) is 9.89 Å². The zero-order valence-corrected chi connectivity index (χ0v) is 14.0. The van der Waals surface area contributed by atoms with Crippen LogP contribution < -0.4 is 10.1 Å². The van der Waals surface area contributed by atoms with E-state index in [0.717, 1.165) is 23.6 Å². The van der Waals surface area contributed by atoms with Gasteiger partial charge in [-0.05, 0) is 36.2 Å². The van der Waals surface area contributed by atoms with Crippen LogP contribution in [0.25, 0.3) is 0 Å². The van der Waals surface area contributed by atoms with E-state index >= 15 is 0 Å². The van der Waals surface area contributed by atoms with Crippen LogP contribution in [0.1, 0.15) is 23.7 Å². The summed E-state index contributed by atoms with van der Waals surface area (Å²) in [7, 11) is 3.52. The predicted molar refractivity (Wildman–Crippen MR) is 88.9 cm³/mol. The second-order valence-electron chi connectivity index (χ2n) is 5.74. The molecule has 122 valence electrons. The first-order chi connectivity index (χ1) is 11.1. The molecular weight excluding hydrogens is 312 g/mol. The van der Waals surface area contributed by atoms with Crippen LogP contribution >= 0.6 is 12.2 Å². The molecule has 7 heteroatoms. The summed E-state index contributed by atoms with van der Waals surface area (Å²) < 4.78 is 7.78. The van der Waals surface area contributed by atoms with Crippen LogP contribution in [0.5, 0.6) is 5.75 Å². The first-order valence-corrected chi connectivity index (χ1v) is 8.03. The van der Waals surface area contributed by atoms with Crippen molar-refractivity contribution >= 4 is 18.1 Å². The van der Waals surface area contributed by atoms with Gasteiger partial charge in [0.05, 0.1) is 7.11 Å². The maximum absolute atomic E-state index is 12.3. The van der Waals surface area contributed by atoms with Crippen molar-refractivity contribution in [3.05, 3.63) is 40.4 Å². The molecule has 2 aromatic rings. The number of methoxy groups -OCH3 is 1. The highest BCUT2D eigenvalue weighted by Gasteiger charge is 2.45. The smallest absolute Gasteiger partial charge is 0.223 e. The number of ether oxygens (including phenoxy) is 1. The van der Waals surface area contributed by atoms with Gasteiger partial charge < -0.3 is 14.6 Å². The van der Waals surface area contributed by atoms with Gasteiger partial charge in [-0.1, -0.05) is 18.2 Å². The minimum Gasteiger partial charge on any atom is -0.496 e. The van der Waals surface area contributed by atoms with E-state index in [4.69, 9.17) is 17.0 Å². The Balaban J connectivity index is 1.52. The molecule has 1 heterocycles. The Morgan fingerprint density at radius 1 is 1.52 bits per heavy atom. The number of para-hydroxylation sites is 1. The average Bonchev–Trinajstić information content (AvgIpc) is 3.31. The lowest BCUT2D eigenvalue weighted by Gasteiger charge is -2.08. The molecule has 3 rings (SSSR count). The summed E-state index contributed by atoms with van der Waals surface area (Å²) in [5.74, 6) is 2.08. The summed E-state index contributed by atoms with van der Waals surface area (Å²) in [6.45, 7) is 0.557. The SMILES string of the molecule is COc1ccccc1C1CC1C(=O)NCCc1n[nH]c(=S)n1C. The Bertz CT molecular complexity index is 767. The normalized spacial score (nSPS) is 19.4. The van der Waals surface area contributed by atoms with Gasteiger partial charge in [0.25, 0.3) is 0 Å². The number of amides is 1. The summed E-state index contributed by atoms with van der Waals surface area (Å²) in [6, 6.07) is 7.89. The van der Waals surface area contributed by atoms with Crippen molar-refractivity contribution in [1.29, 1.82) is 0 Å². The van der Waals surface area contributed by atoms with Gasteiger partial charge in [-0.15, -0.1) is 0 Å². The topological polar surface area (TPSA) is 71.9 Å². The van der Waals surface area contributed by atoms with E-state index in [-0.39, 0.29) is 17.7 Å². The van der Waals surface area contributed by atoms with Crippen LogP contribution in [0.3, 0.4) is 0 Å². The second-order valence-corrected chi connectivity index (χ2v) is 6.12. The fraction of sp³-hybridized carbons (Fsp3) is 0.438. The Labute approximate surface area is 139 Å². The molecule has 1 aromatic heterocycles. The molecule has 1 amide bonds. The molecule has 1 aliphatic rings. The summed E-state index contributed by atoms with van der Waals surface area (Å²) in [4.78, 5) is 12.3. The minimum atomic E-state index is 0.0359. The molecule has 1 fully saturated rings. The van der Waals surface area contributed by atoms with Gasteiger partial charge in [0.1, 0.15) is 11.6 Å². The van der Waals surface area contributed by atoms with Crippen molar-refractivity contribution in [3.8, 4) is 5.75 Å². The van der Waals surface area contributed by atoms with E-state index in [0.29, 0.717) is 17.7 Å². The highest BCUT2D eigenvalue weighted by Crippen LogP contribution is 2.50. The number of rotatable bonds is 6. The van der Waals surface area contributed by atoms with Crippen molar-refractivity contribution in [2.24, 2.45) is 13.0 Å². The number of hydrogen-bond donors (Lipinski definition) is 2. The Hall–Kier alpha value is -2.15. The van der Waals surface area contributed by atoms with Gasteiger partial charge in [-0.25, -0.2) is 0 Å². The molecule has 2 unspecified atom stereocenters. The van der Waals surface area contributed by atoms with Crippen LogP contribution in [0.2, 0.25) is 0 Å². The molecule has 2 atom stereocenters. The third kappa shape index (κ3) is 3.29. The van der Waals surface area contributed by atoms with Crippen LogP contribution in [0.15, 0.2) is 24.3 Å². The average molecular weight is 332 g/mol. The molecule has 23 heavy (non-hydrogen) atoms. The number of H-pyrrole nitrogens is 1. The summed E-state index contributed by atoms with van der Waals surface area (Å²) in [5.41, 5.74) is 1.12. The number of carbonyl (C=O) groups excluding carboxylic acids is 1. The van der Waals surface area contributed by atoms with Gasteiger partial charge in [0.15, 0.2) is 4.77 Å². The molecule has 0 radical (unpaired) electrons. The quantitative estimate of drug-likeness (QED) is 0.793. The number of aromatic nitrogens is 3. The van der Waals surface area contributed by atoms with Crippen molar-refractivity contribution in [1.82, 2.24) is 20.1 Å². The highest BCUT2D eigenvalue weighted by molar-refractivity contribution is 7.71. The first kappa shape index (κ1) is 15.7. The molecule has 0 bridgehead atoms. The molecule has 2 N–H and O–H groups in total. The van der Waals surface area contributed by atoms with Crippen LogP contribution in [0.4, 0.5) is 0 Å². The van der Waals surface area contributed by atoms with E-state index < -0.39 is 0 Å². The van der Waals surface area contributed by atoms with Crippen LogP contribution in [0, 0.1) is 10.7 Å². The van der Waals surface area contributed by atoms with Crippen LogP contribution in [-0.4, -0.2) is 34.3 Å². The number of nitrogens with one attached hydrogen (secondary N) is 2. The maximum Gasteiger partial charge on any atom is 0.223 e. The van der Waals surface area contributed by atoms with E-state index in [2.05, 4.69) is 15.5 Å². The molecule has 0 spiro atoms. The third-order valence-electron chi connectivity index (χ3n) is 4.29. The number of carbonyl (C=O) groups is 1. The van der Waals surface area contributed by atoms with Gasteiger partial charge >= 0.3 is 0 Å². The molecule has 0 aliphatic heterocycles. The monoisotopic (exact) mass is 332 g/mol. The Morgan fingerprint density at radius 3 is 3.00 bits per heavy atom. The molecule has 1 saturated carbocycles. The van der Waals surface area contributed by atoms with Crippen molar-refractivity contribution < 1.29 is 9.53 Å². The Kier molecular flexibility index (Phi) is 4.47. The van der Waals surface area contributed by atoms with Crippen LogP contribution in [-0.2, 0) is 18.3 Å². The minimum absolute atomic E-state index is 0.0359. The zero-order valence-electron chi connectivity index (χ0n) is 13.2. The number of aromatic amines is 1. The van der Waals surface area contributed by atoms with E-state index in [1.54, 1.807) is 7.11 Å². The van der Waals surface area contributed by atoms with Gasteiger partial charge in [-0.2, -0.15) is 5.10 Å². The number of nitrogens with zero attached hydrogens (tertiary/aromatic N) is 2. The predicted octanol–water partition coefficient (Wildman–Crippen LogP) is 1.95. The fourth-order valence-electron chi connectivity index (χ4n) is 2.83. The van der Waals surface area contributed by atoms with Crippen molar-refractivity contribution in [2.75, 3.05) is 13.7 Å². The molecule has 0 saturated heterocycles. The molecule has 1 aromatic carbocycles. The lowest BCUT2D eigenvalue weighted by atomic mass is 10.1. The van der Waals surface area contributed by atoms with E-state index in [1.807, 2.05) is 35.9 Å². The molecular formula is C16H20N4O2S. The maximum atomic E-state index is 12.3. The largest absolute Gasteiger partial charge is 0.496 e. The third-order valence-corrected chi connectivity index (χ3v) is 4.65. The van der Waals surface area contributed by atoms with E-state index in [1.165, 1.54) is 0 Å². The number of hydrogen-bond acceptors (Lipinski definition) is 4. The van der Waals surface area contributed by atoms with Crippen molar-refractivity contribution in [3.63, 3.8) is 0 Å². The van der Waals surface area contributed by atoms with Gasteiger partial charge in [0.2, 0.25) is 5.91 Å². The summed E-state index contributed by atoms with van der Waals surface area (Å²) in [5, 5.41) is 9.86. The second kappa shape index (κ2) is 6.54. The number of benzene rings is 1. The summed E-state index contributed by atoms with van der Waals surface area (Å²) in [6.07, 6.45) is 1.53. The zero-order chi connectivity index (χ0) is 16.4. The molecule has 6 nitrogen and oxygen atoms in total. The fourth-order valence-corrected chi connectivity index (χ4v) is 2.98. The first-order valence-electron chi connectivity index (χ1n) is 7.62. The van der Waals surface area contributed by atoms with Gasteiger partial charge in [0, 0.05) is 25.9 Å². The highest BCUT2D eigenvalue weighted by atomic mass is 32.1. The van der Waals surface area contributed by atoms with Crippen molar-refractivity contribution in [2.45, 2.75) is 18.8 Å². The summed E-state index contributed by atoms with van der Waals surface area (Å²) >= 11 is 5.07. The lowest BCUT2D eigenvalue weighted by molar-refractivity contribution is -0.122. The Morgan fingerprint density at radius 2 is 2.30 bits per heavy atom.